The molecule has 0 aliphatic rings. The van der Waals surface area contributed by atoms with E-state index in [1.165, 1.54) is 11.8 Å². The van der Waals surface area contributed by atoms with Gasteiger partial charge < -0.3 is 5.11 Å². The van der Waals surface area contributed by atoms with Gasteiger partial charge in [-0.1, -0.05) is 0 Å². The molecule has 4 heteroatoms. The molecule has 0 spiro atoms. The molecule has 0 saturated carbocycles. The number of thioether (sulfide) groups is 2. The Balaban J connectivity index is 3.24. The summed E-state index contributed by atoms with van der Waals surface area (Å²) in [6.07, 6.45) is 1.89. The van der Waals surface area contributed by atoms with Crippen molar-refractivity contribution >= 4 is 28.8 Å². The van der Waals surface area contributed by atoms with Crippen LogP contribution in [0.5, 0.6) is 0 Å². The van der Waals surface area contributed by atoms with Crippen LogP contribution in [0.1, 0.15) is 6.92 Å². The normalized spacial score (nSPS) is 13.2. The summed E-state index contributed by atoms with van der Waals surface area (Å²) in [7, 11) is 0. The fraction of sp³-hybridized carbons (Fsp3) is 0.750. The Morgan fingerprint density at radius 1 is 1.75 bits per heavy atom. The molecule has 0 aliphatic heterocycles. The van der Waals surface area contributed by atoms with E-state index in [9.17, 15) is 4.79 Å². The number of carboxylic acid groups (broad SMARTS) is 1. The molecule has 0 aromatic carbocycles. The van der Waals surface area contributed by atoms with E-state index >= 15 is 0 Å². The van der Waals surface area contributed by atoms with Gasteiger partial charge in [-0.25, -0.2) is 4.79 Å². The van der Waals surface area contributed by atoms with Crippen molar-refractivity contribution in [3.8, 4) is 0 Å². The van der Waals surface area contributed by atoms with Crippen LogP contribution in [-0.4, -0.2) is 21.2 Å². The fourth-order valence-electron chi connectivity index (χ4n) is 0.190. The van der Waals surface area contributed by atoms with Crippen molar-refractivity contribution < 1.29 is 9.90 Å². The first-order valence-electron chi connectivity index (χ1n) is 2.09. The van der Waals surface area contributed by atoms with E-state index in [0.717, 1.165) is 11.8 Å². The van der Waals surface area contributed by atoms with Gasteiger partial charge in [0.05, 0.1) is 4.58 Å². The fourth-order valence-corrected chi connectivity index (χ4v) is 1.11. The minimum absolute atomic E-state index is 0.160. The van der Waals surface area contributed by atoms with Gasteiger partial charge in [-0.05, 0) is 24.9 Å². The quantitative estimate of drug-likeness (QED) is 0.615. The van der Waals surface area contributed by atoms with Gasteiger partial charge in [0.25, 0.3) is 0 Å². The number of carbonyl (C=O) groups is 1. The highest BCUT2D eigenvalue weighted by Crippen LogP contribution is 2.20. The Labute approximate surface area is 57.0 Å². The number of rotatable bonds is 2. The van der Waals surface area contributed by atoms with Crippen molar-refractivity contribution in [1.82, 2.24) is 0 Å². The Morgan fingerprint density at radius 2 is 2.25 bits per heavy atom. The summed E-state index contributed by atoms with van der Waals surface area (Å²) in [4.78, 5) is 9.92. The maximum absolute atomic E-state index is 9.92. The predicted molar refractivity (Wildman–Crippen MR) is 38.6 cm³/mol. The lowest BCUT2D eigenvalue weighted by Crippen LogP contribution is -1.92. The Bertz CT molecular complexity index is 84.1. The molecule has 0 rings (SSSR count). The van der Waals surface area contributed by atoms with Gasteiger partial charge in [-0.15, -0.1) is 0 Å². The zero-order valence-electron chi connectivity index (χ0n) is 4.75. The lowest BCUT2D eigenvalue weighted by molar-refractivity contribution is 0.222. The second-order valence-corrected chi connectivity index (χ2v) is 3.96. The van der Waals surface area contributed by atoms with Crippen LogP contribution >= 0.6 is 23.5 Å². The van der Waals surface area contributed by atoms with Gasteiger partial charge >= 0.3 is 5.30 Å². The Hall–Kier alpha value is 0.170. The van der Waals surface area contributed by atoms with E-state index < -0.39 is 5.30 Å². The maximum Gasteiger partial charge on any atom is 0.365 e. The minimum atomic E-state index is -0.799. The zero-order chi connectivity index (χ0) is 6.57. The third-order valence-corrected chi connectivity index (χ3v) is 2.66. The maximum atomic E-state index is 9.92. The van der Waals surface area contributed by atoms with Gasteiger partial charge in [-0.2, -0.15) is 11.8 Å². The molecule has 8 heavy (non-hydrogen) atoms. The van der Waals surface area contributed by atoms with Crippen LogP contribution in [0, 0.1) is 0 Å². The smallest absolute Gasteiger partial charge is 0.365 e. The SMILES string of the molecule is CSC(C)SC(=O)O. The second kappa shape index (κ2) is 4.09. The molecule has 0 amide bonds. The van der Waals surface area contributed by atoms with Crippen LogP contribution in [0.25, 0.3) is 0 Å². The highest BCUT2D eigenvalue weighted by atomic mass is 32.2. The first-order chi connectivity index (χ1) is 3.66. The summed E-state index contributed by atoms with van der Waals surface area (Å²) in [5.74, 6) is 0. The molecular weight excluding hydrogens is 144 g/mol. The largest absolute Gasteiger partial charge is 0.473 e. The molecule has 0 radical (unpaired) electrons. The molecule has 0 saturated heterocycles. The van der Waals surface area contributed by atoms with E-state index in [1.807, 2.05) is 13.2 Å². The molecule has 0 aliphatic carbocycles. The van der Waals surface area contributed by atoms with Crippen LogP contribution in [-0.2, 0) is 0 Å². The molecule has 2 nitrogen and oxygen atoms in total. The van der Waals surface area contributed by atoms with Crippen molar-refractivity contribution in [3.05, 3.63) is 0 Å². The lowest BCUT2D eigenvalue weighted by Gasteiger charge is -1.99. The van der Waals surface area contributed by atoms with Gasteiger partial charge in [0, 0.05) is 0 Å². The molecule has 0 fully saturated rings. The monoisotopic (exact) mass is 152 g/mol. The average Bonchev–Trinajstić information content (AvgIpc) is 1.65. The van der Waals surface area contributed by atoms with Crippen LogP contribution in [0.2, 0.25) is 0 Å². The van der Waals surface area contributed by atoms with Crippen LogP contribution < -0.4 is 0 Å². The van der Waals surface area contributed by atoms with E-state index in [2.05, 4.69) is 0 Å². The first-order valence-corrected chi connectivity index (χ1v) is 4.26. The highest BCUT2D eigenvalue weighted by molar-refractivity contribution is 8.24. The van der Waals surface area contributed by atoms with E-state index in [0.29, 0.717) is 0 Å². The van der Waals surface area contributed by atoms with Crippen LogP contribution in [0.3, 0.4) is 0 Å². The highest BCUT2D eigenvalue weighted by Gasteiger charge is 2.04. The third kappa shape index (κ3) is 4.33. The predicted octanol–water partition coefficient (Wildman–Crippen LogP) is 2.11. The van der Waals surface area contributed by atoms with E-state index in [-0.39, 0.29) is 4.58 Å². The molecule has 0 heterocycles. The van der Waals surface area contributed by atoms with Crippen LogP contribution in [0.15, 0.2) is 0 Å². The van der Waals surface area contributed by atoms with Crippen LogP contribution in [0.4, 0.5) is 4.79 Å². The first kappa shape index (κ1) is 8.17. The summed E-state index contributed by atoms with van der Waals surface area (Å²) in [6.45, 7) is 1.86. The third-order valence-electron chi connectivity index (χ3n) is 0.599. The summed E-state index contributed by atoms with van der Waals surface area (Å²) in [6, 6.07) is 0. The van der Waals surface area contributed by atoms with Gasteiger partial charge in [0.1, 0.15) is 0 Å². The van der Waals surface area contributed by atoms with Crippen molar-refractivity contribution in [2.24, 2.45) is 0 Å². The van der Waals surface area contributed by atoms with Gasteiger partial charge in [0.2, 0.25) is 0 Å². The van der Waals surface area contributed by atoms with E-state index in [4.69, 9.17) is 5.11 Å². The molecule has 48 valence electrons. The summed E-state index contributed by atoms with van der Waals surface area (Å²) in [5, 5.41) is 7.37. The molecule has 0 bridgehead atoms. The Morgan fingerprint density at radius 3 is 2.38 bits per heavy atom. The average molecular weight is 152 g/mol. The van der Waals surface area contributed by atoms with Crippen molar-refractivity contribution in [2.75, 3.05) is 6.26 Å². The minimum Gasteiger partial charge on any atom is -0.473 e. The summed E-state index contributed by atoms with van der Waals surface area (Å²) >= 11 is 2.47. The Kier molecular flexibility index (Phi) is 4.18. The molecule has 1 unspecified atom stereocenters. The molecular formula is C4H8O2S2. The van der Waals surface area contributed by atoms with Crippen molar-refractivity contribution in [1.29, 1.82) is 0 Å². The van der Waals surface area contributed by atoms with Gasteiger partial charge in [0.15, 0.2) is 0 Å². The number of hydrogen-bond acceptors (Lipinski definition) is 3. The van der Waals surface area contributed by atoms with E-state index in [1.54, 1.807) is 0 Å². The summed E-state index contributed by atoms with van der Waals surface area (Å²) in [5.41, 5.74) is 0. The lowest BCUT2D eigenvalue weighted by atomic mass is 11.0. The van der Waals surface area contributed by atoms with Crippen molar-refractivity contribution in [3.63, 3.8) is 0 Å². The molecule has 0 aromatic heterocycles. The molecule has 1 N–H and O–H groups in total. The standard InChI is InChI=1S/C4H8O2S2/c1-3(7-2)8-4(5)6/h3H,1-2H3,(H,5,6). The van der Waals surface area contributed by atoms with Gasteiger partial charge in [-0.3, -0.25) is 0 Å². The molecule has 0 aromatic rings. The van der Waals surface area contributed by atoms with Crippen molar-refractivity contribution in [2.45, 2.75) is 11.5 Å². The topological polar surface area (TPSA) is 37.3 Å². The molecule has 1 atom stereocenters. The second-order valence-electron chi connectivity index (χ2n) is 1.19. The number of hydrogen-bond donors (Lipinski definition) is 1. The zero-order valence-corrected chi connectivity index (χ0v) is 6.38. The summed E-state index contributed by atoms with van der Waals surface area (Å²) < 4.78 is 0.160.